The molecular formula is C20H20N2O3. The lowest BCUT2D eigenvalue weighted by molar-refractivity contribution is 0.0790. The van der Waals surface area contributed by atoms with Crippen LogP contribution in [0.4, 0.5) is 0 Å². The summed E-state index contributed by atoms with van der Waals surface area (Å²) in [5.74, 6) is 1.75. The fourth-order valence-corrected chi connectivity index (χ4v) is 3.26. The van der Waals surface area contributed by atoms with Crippen molar-refractivity contribution in [1.29, 1.82) is 5.26 Å². The Morgan fingerprint density at radius 1 is 1.20 bits per heavy atom. The van der Waals surface area contributed by atoms with Crippen molar-refractivity contribution in [2.24, 2.45) is 0 Å². The minimum Gasteiger partial charge on any atom is -0.497 e. The maximum absolute atomic E-state index is 12.7. The first-order valence-corrected chi connectivity index (χ1v) is 8.17. The van der Waals surface area contributed by atoms with Gasteiger partial charge in [0.1, 0.15) is 11.5 Å². The number of rotatable bonds is 4. The third kappa shape index (κ3) is 3.43. The van der Waals surface area contributed by atoms with Crippen LogP contribution in [0.5, 0.6) is 11.5 Å². The number of methoxy groups -OCH3 is 2. The second-order valence-electron chi connectivity index (χ2n) is 6.04. The van der Waals surface area contributed by atoms with Gasteiger partial charge in [0.2, 0.25) is 0 Å². The molecular weight excluding hydrogens is 316 g/mol. The molecule has 0 aliphatic carbocycles. The van der Waals surface area contributed by atoms with Crippen molar-refractivity contribution in [3.05, 3.63) is 59.2 Å². The zero-order valence-electron chi connectivity index (χ0n) is 14.4. The molecule has 0 aromatic heterocycles. The molecule has 25 heavy (non-hydrogen) atoms. The summed E-state index contributed by atoms with van der Waals surface area (Å²) in [7, 11) is 3.29. The second kappa shape index (κ2) is 7.27. The molecule has 2 aromatic rings. The average Bonchev–Trinajstić information content (AvgIpc) is 3.16. The number of nitrogens with zero attached hydrogens (tertiary/aromatic N) is 2. The lowest BCUT2D eigenvalue weighted by Gasteiger charge is -2.18. The molecule has 1 saturated heterocycles. The van der Waals surface area contributed by atoms with Crippen LogP contribution in [0.3, 0.4) is 0 Å². The molecule has 0 N–H and O–H groups in total. The maximum Gasteiger partial charge on any atom is 0.253 e. The summed E-state index contributed by atoms with van der Waals surface area (Å²) in [6.45, 7) is 1.31. The van der Waals surface area contributed by atoms with E-state index in [0.717, 1.165) is 23.5 Å². The van der Waals surface area contributed by atoms with Gasteiger partial charge in [-0.2, -0.15) is 5.26 Å². The van der Waals surface area contributed by atoms with Gasteiger partial charge in [0.15, 0.2) is 0 Å². The first-order chi connectivity index (χ1) is 12.2. The molecule has 1 aliphatic rings. The van der Waals surface area contributed by atoms with Crippen LogP contribution in [0.1, 0.15) is 33.8 Å². The van der Waals surface area contributed by atoms with E-state index < -0.39 is 0 Å². The van der Waals surface area contributed by atoms with Gasteiger partial charge in [0.25, 0.3) is 5.91 Å². The number of hydrogen-bond donors (Lipinski definition) is 0. The quantitative estimate of drug-likeness (QED) is 0.860. The Balaban J connectivity index is 1.80. The number of likely N-dealkylation sites (tertiary alicyclic amines) is 1. The van der Waals surface area contributed by atoms with E-state index in [9.17, 15) is 4.79 Å². The molecule has 1 heterocycles. The number of hydrogen-bond acceptors (Lipinski definition) is 4. The van der Waals surface area contributed by atoms with Crippen molar-refractivity contribution in [3.63, 3.8) is 0 Å². The van der Waals surface area contributed by atoms with Gasteiger partial charge in [-0.3, -0.25) is 4.79 Å². The lowest BCUT2D eigenvalue weighted by atomic mass is 9.97. The van der Waals surface area contributed by atoms with E-state index in [1.807, 2.05) is 23.1 Å². The predicted molar refractivity (Wildman–Crippen MR) is 94.0 cm³/mol. The van der Waals surface area contributed by atoms with Crippen molar-refractivity contribution < 1.29 is 14.3 Å². The SMILES string of the molecule is COc1ccc(OC)c([C@@H]2CCN(C(=O)c3cccc(C#N)c3)C2)c1. The molecule has 1 amide bonds. The number of nitriles is 1. The molecule has 128 valence electrons. The van der Waals surface area contributed by atoms with Gasteiger partial charge in [-0.05, 0) is 42.8 Å². The Morgan fingerprint density at radius 2 is 2.04 bits per heavy atom. The lowest BCUT2D eigenvalue weighted by Crippen LogP contribution is -2.28. The molecule has 1 atom stereocenters. The van der Waals surface area contributed by atoms with Crippen LogP contribution < -0.4 is 9.47 Å². The molecule has 0 saturated carbocycles. The molecule has 1 aliphatic heterocycles. The predicted octanol–water partition coefficient (Wildman–Crippen LogP) is 3.21. The Hall–Kier alpha value is -3.00. The zero-order valence-corrected chi connectivity index (χ0v) is 14.4. The van der Waals surface area contributed by atoms with E-state index in [0.29, 0.717) is 24.2 Å². The van der Waals surface area contributed by atoms with Crippen LogP contribution in [0.25, 0.3) is 0 Å². The van der Waals surface area contributed by atoms with Crippen molar-refractivity contribution >= 4 is 5.91 Å². The van der Waals surface area contributed by atoms with Crippen LogP contribution >= 0.6 is 0 Å². The summed E-state index contributed by atoms with van der Waals surface area (Å²) < 4.78 is 10.8. The molecule has 0 radical (unpaired) electrons. The summed E-state index contributed by atoms with van der Waals surface area (Å²) in [5, 5.41) is 9.01. The molecule has 0 spiro atoms. The van der Waals surface area contributed by atoms with E-state index in [2.05, 4.69) is 6.07 Å². The first kappa shape index (κ1) is 16.8. The summed E-state index contributed by atoms with van der Waals surface area (Å²) in [5.41, 5.74) is 2.11. The van der Waals surface area contributed by atoms with Gasteiger partial charge in [-0.25, -0.2) is 0 Å². The minimum absolute atomic E-state index is 0.0403. The van der Waals surface area contributed by atoms with Gasteiger partial charge in [0.05, 0.1) is 25.9 Å². The number of benzene rings is 2. The third-order valence-corrected chi connectivity index (χ3v) is 4.59. The number of ether oxygens (including phenoxy) is 2. The zero-order chi connectivity index (χ0) is 17.8. The van der Waals surface area contributed by atoms with Gasteiger partial charge in [-0.1, -0.05) is 6.07 Å². The van der Waals surface area contributed by atoms with Gasteiger partial charge in [-0.15, -0.1) is 0 Å². The molecule has 3 rings (SSSR count). The molecule has 5 nitrogen and oxygen atoms in total. The van der Waals surface area contributed by atoms with Crippen molar-refractivity contribution in [1.82, 2.24) is 4.90 Å². The number of carbonyl (C=O) groups is 1. The van der Waals surface area contributed by atoms with Gasteiger partial charge < -0.3 is 14.4 Å². The van der Waals surface area contributed by atoms with Crippen LogP contribution in [-0.2, 0) is 0 Å². The van der Waals surface area contributed by atoms with Crippen LogP contribution in [-0.4, -0.2) is 38.1 Å². The van der Waals surface area contributed by atoms with E-state index in [1.165, 1.54) is 0 Å². The highest BCUT2D eigenvalue weighted by atomic mass is 16.5. The number of carbonyl (C=O) groups excluding carboxylic acids is 1. The average molecular weight is 336 g/mol. The van der Waals surface area contributed by atoms with Crippen molar-refractivity contribution in [3.8, 4) is 17.6 Å². The Labute approximate surface area is 147 Å². The van der Waals surface area contributed by atoms with Gasteiger partial charge in [0, 0.05) is 30.1 Å². The summed E-state index contributed by atoms with van der Waals surface area (Å²) in [6, 6.07) is 14.7. The fourth-order valence-electron chi connectivity index (χ4n) is 3.26. The second-order valence-corrected chi connectivity index (χ2v) is 6.04. The topological polar surface area (TPSA) is 62.6 Å². The van der Waals surface area contributed by atoms with Crippen LogP contribution in [0.15, 0.2) is 42.5 Å². The van der Waals surface area contributed by atoms with E-state index in [1.54, 1.807) is 38.5 Å². The van der Waals surface area contributed by atoms with E-state index in [-0.39, 0.29) is 11.8 Å². The van der Waals surface area contributed by atoms with E-state index in [4.69, 9.17) is 14.7 Å². The first-order valence-electron chi connectivity index (χ1n) is 8.17. The Bertz CT molecular complexity index is 826. The highest BCUT2D eigenvalue weighted by Crippen LogP contribution is 2.36. The minimum atomic E-state index is -0.0403. The summed E-state index contributed by atoms with van der Waals surface area (Å²) in [4.78, 5) is 14.6. The fraction of sp³-hybridized carbons (Fsp3) is 0.300. The monoisotopic (exact) mass is 336 g/mol. The third-order valence-electron chi connectivity index (χ3n) is 4.59. The molecule has 5 heteroatoms. The summed E-state index contributed by atoms with van der Waals surface area (Å²) in [6.07, 6.45) is 0.868. The standard InChI is InChI=1S/C20H20N2O3/c1-24-17-6-7-19(25-2)18(11-17)16-8-9-22(13-16)20(23)15-5-3-4-14(10-15)12-21/h3-7,10-11,16H,8-9,13H2,1-2H3/t16-/m1/s1. The van der Waals surface area contributed by atoms with Crippen molar-refractivity contribution in [2.75, 3.05) is 27.3 Å². The Kier molecular flexibility index (Phi) is 4.90. The largest absolute Gasteiger partial charge is 0.497 e. The number of amides is 1. The molecule has 2 aromatic carbocycles. The van der Waals surface area contributed by atoms with Gasteiger partial charge >= 0.3 is 0 Å². The maximum atomic E-state index is 12.7. The smallest absolute Gasteiger partial charge is 0.253 e. The van der Waals surface area contributed by atoms with Crippen molar-refractivity contribution in [2.45, 2.75) is 12.3 Å². The molecule has 0 unspecified atom stereocenters. The van der Waals surface area contributed by atoms with E-state index >= 15 is 0 Å². The van der Waals surface area contributed by atoms with Crippen LogP contribution in [0, 0.1) is 11.3 Å². The normalized spacial score (nSPS) is 16.4. The highest BCUT2D eigenvalue weighted by Gasteiger charge is 2.30. The Morgan fingerprint density at radius 3 is 2.76 bits per heavy atom. The van der Waals surface area contributed by atoms with Crippen LogP contribution in [0.2, 0.25) is 0 Å². The molecule has 1 fully saturated rings. The molecule has 0 bridgehead atoms. The summed E-state index contributed by atoms with van der Waals surface area (Å²) >= 11 is 0. The highest BCUT2D eigenvalue weighted by molar-refractivity contribution is 5.94.